The Labute approximate surface area is 207 Å². The standard InChI is InChI=1S/C27H38N2O6/c1-3-33-22-6-5-18(12-23(22)34-4-2)7-8-28-24(30)17-35-25(31)16-29-26(32)27-13-19-9-20(14-27)11-21(10-19)15-27/h5-6,12,19-21H,3-4,7-11,13-17H2,1-2H3,(H,28,30)(H,29,32). The SMILES string of the molecule is CCOc1ccc(CCNC(=O)COC(=O)CNC(=O)C23CC4CC(CC(C4)C2)C3)cc1OCC. The molecule has 192 valence electrons. The van der Waals surface area contributed by atoms with Crippen LogP contribution in [0.5, 0.6) is 11.5 Å². The molecule has 0 aromatic heterocycles. The van der Waals surface area contributed by atoms with Gasteiger partial charge in [-0.15, -0.1) is 0 Å². The molecular weight excluding hydrogens is 448 g/mol. The lowest BCUT2D eigenvalue weighted by Crippen LogP contribution is -2.54. The molecule has 4 bridgehead atoms. The summed E-state index contributed by atoms with van der Waals surface area (Å²) in [7, 11) is 0. The molecule has 4 aliphatic rings. The van der Waals surface area contributed by atoms with Gasteiger partial charge in [0.1, 0.15) is 6.54 Å². The quantitative estimate of drug-likeness (QED) is 0.440. The van der Waals surface area contributed by atoms with Crippen molar-refractivity contribution in [3.63, 3.8) is 0 Å². The highest BCUT2D eigenvalue weighted by molar-refractivity contribution is 5.87. The minimum absolute atomic E-state index is 0.0141. The summed E-state index contributed by atoms with van der Waals surface area (Å²) in [6, 6.07) is 5.71. The second-order valence-electron chi connectivity index (χ2n) is 10.3. The van der Waals surface area contributed by atoms with Crippen molar-refractivity contribution in [2.75, 3.05) is 32.9 Å². The first kappa shape index (κ1) is 25.3. The average molecular weight is 487 g/mol. The Bertz CT molecular complexity index is 895. The van der Waals surface area contributed by atoms with Crippen molar-refractivity contribution in [3.05, 3.63) is 23.8 Å². The van der Waals surface area contributed by atoms with Gasteiger partial charge in [0.25, 0.3) is 5.91 Å². The van der Waals surface area contributed by atoms with Crippen molar-refractivity contribution in [1.82, 2.24) is 10.6 Å². The normalized spacial score (nSPS) is 26.2. The van der Waals surface area contributed by atoms with E-state index in [1.165, 1.54) is 19.3 Å². The molecule has 0 heterocycles. The zero-order chi connectivity index (χ0) is 24.8. The monoisotopic (exact) mass is 486 g/mol. The lowest BCUT2D eigenvalue weighted by Gasteiger charge is -2.55. The summed E-state index contributed by atoms with van der Waals surface area (Å²) >= 11 is 0. The molecule has 35 heavy (non-hydrogen) atoms. The van der Waals surface area contributed by atoms with Gasteiger partial charge < -0.3 is 24.8 Å². The van der Waals surface area contributed by atoms with Crippen molar-refractivity contribution < 1.29 is 28.6 Å². The molecule has 0 saturated heterocycles. The molecule has 0 aliphatic heterocycles. The van der Waals surface area contributed by atoms with E-state index < -0.39 is 5.97 Å². The number of nitrogens with one attached hydrogen (secondary N) is 2. The number of ether oxygens (including phenoxy) is 3. The number of carbonyl (C=O) groups excluding carboxylic acids is 3. The molecule has 2 N–H and O–H groups in total. The first-order valence-corrected chi connectivity index (χ1v) is 13.0. The lowest BCUT2D eigenvalue weighted by molar-refractivity contribution is -0.152. The molecule has 4 aliphatic carbocycles. The van der Waals surface area contributed by atoms with Crippen LogP contribution in [0.2, 0.25) is 0 Å². The minimum atomic E-state index is -0.592. The van der Waals surface area contributed by atoms with Gasteiger partial charge in [-0.3, -0.25) is 14.4 Å². The van der Waals surface area contributed by atoms with E-state index in [1.54, 1.807) is 0 Å². The zero-order valence-corrected chi connectivity index (χ0v) is 20.9. The third-order valence-electron chi connectivity index (χ3n) is 7.62. The third kappa shape index (κ3) is 6.27. The topological polar surface area (TPSA) is 103 Å². The second-order valence-corrected chi connectivity index (χ2v) is 10.3. The smallest absolute Gasteiger partial charge is 0.325 e. The molecule has 2 amide bonds. The van der Waals surface area contributed by atoms with Gasteiger partial charge in [0.15, 0.2) is 18.1 Å². The van der Waals surface area contributed by atoms with Crippen molar-refractivity contribution in [3.8, 4) is 11.5 Å². The van der Waals surface area contributed by atoms with Crippen LogP contribution in [-0.2, 0) is 25.5 Å². The fourth-order valence-electron chi connectivity index (χ4n) is 6.57. The number of hydrogen-bond acceptors (Lipinski definition) is 6. The maximum absolute atomic E-state index is 12.9. The summed E-state index contributed by atoms with van der Waals surface area (Å²) in [6.07, 6.45) is 7.23. The summed E-state index contributed by atoms with van der Waals surface area (Å²) < 4.78 is 16.3. The number of carbonyl (C=O) groups is 3. The zero-order valence-electron chi connectivity index (χ0n) is 20.9. The van der Waals surface area contributed by atoms with E-state index >= 15 is 0 Å². The Morgan fingerprint density at radius 1 is 0.914 bits per heavy atom. The van der Waals surface area contributed by atoms with Crippen LogP contribution in [0.3, 0.4) is 0 Å². The van der Waals surface area contributed by atoms with Gasteiger partial charge >= 0.3 is 5.97 Å². The molecule has 1 aromatic rings. The molecule has 4 fully saturated rings. The number of amides is 2. The molecular formula is C27H38N2O6. The van der Waals surface area contributed by atoms with Crippen molar-refractivity contribution in [2.45, 2.75) is 58.8 Å². The van der Waals surface area contributed by atoms with Gasteiger partial charge in [0, 0.05) is 12.0 Å². The number of esters is 1. The second kappa shape index (κ2) is 11.3. The van der Waals surface area contributed by atoms with Crippen molar-refractivity contribution >= 4 is 17.8 Å². The van der Waals surface area contributed by atoms with E-state index in [2.05, 4.69) is 10.6 Å². The largest absolute Gasteiger partial charge is 0.490 e. The van der Waals surface area contributed by atoms with Crippen LogP contribution in [0.4, 0.5) is 0 Å². The number of benzene rings is 1. The molecule has 0 radical (unpaired) electrons. The summed E-state index contributed by atoms with van der Waals surface area (Å²) in [5.74, 6) is 2.39. The Morgan fingerprint density at radius 3 is 2.17 bits per heavy atom. The molecule has 5 rings (SSSR count). The van der Waals surface area contributed by atoms with E-state index in [-0.39, 0.29) is 30.4 Å². The highest BCUT2D eigenvalue weighted by Gasteiger charge is 2.54. The first-order chi connectivity index (χ1) is 16.9. The number of hydrogen-bond donors (Lipinski definition) is 2. The van der Waals surface area contributed by atoms with Crippen LogP contribution in [0.15, 0.2) is 18.2 Å². The summed E-state index contributed by atoms with van der Waals surface area (Å²) in [5.41, 5.74) is 0.705. The van der Waals surface area contributed by atoms with E-state index in [0.29, 0.717) is 55.4 Å². The Balaban J connectivity index is 1.14. The summed E-state index contributed by atoms with van der Waals surface area (Å²) in [6.45, 7) is 4.77. The van der Waals surface area contributed by atoms with Crippen LogP contribution >= 0.6 is 0 Å². The van der Waals surface area contributed by atoms with Crippen molar-refractivity contribution in [2.24, 2.45) is 23.2 Å². The first-order valence-electron chi connectivity index (χ1n) is 13.0. The third-order valence-corrected chi connectivity index (χ3v) is 7.62. The van der Waals surface area contributed by atoms with Gasteiger partial charge in [-0.25, -0.2) is 0 Å². The van der Waals surface area contributed by atoms with Gasteiger partial charge in [-0.2, -0.15) is 0 Å². The Morgan fingerprint density at radius 2 is 1.54 bits per heavy atom. The van der Waals surface area contributed by atoms with E-state index in [0.717, 1.165) is 24.8 Å². The van der Waals surface area contributed by atoms with Gasteiger partial charge in [-0.1, -0.05) is 6.07 Å². The summed E-state index contributed by atoms with van der Waals surface area (Å²) in [4.78, 5) is 37.1. The van der Waals surface area contributed by atoms with Crippen molar-refractivity contribution in [1.29, 1.82) is 0 Å². The predicted octanol–water partition coefficient (Wildman–Crippen LogP) is 3.02. The summed E-state index contributed by atoms with van der Waals surface area (Å²) in [5, 5.41) is 5.55. The van der Waals surface area contributed by atoms with E-state index in [1.807, 2.05) is 32.0 Å². The fourth-order valence-corrected chi connectivity index (χ4v) is 6.57. The van der Waals surface area contributed by atoms with Crippen LogP contribution in [0.1, 0.15) is 57.9 Å². The Hall–Kier alpha value is -2.77. The van der Waals surface area contributed by atoms with Gasteiger partial charge in [0.05, 0.1) is 13.2 Å². The average Bonchev–Trinajstić information content (AvgIpc) is 2.82. The van der Waals surface area contributed by atoms with Crippen LogP contribution in [0, 0.1) is 23.2 Å². The lowest BCUT2D eigenvalue weighted by atomic mass is 9.49. The highest BCUT2D eigenvalue weighted by atomic mass is 16.5. The molecule has 0 unspecified atom stereocenters. The molecule has 4 saturated carbocycles. The van der Waals surface area contributed by atoms with Gasteiger partial charge in [-0.05, 0) is 94.2 Å². The van der Waals surface area contributed by atoms with Crippen LogP contribution < -0.4 is 20.1 Å². The maximum atomic E-state index is 12.9. The highest BCUT2D eigenvalue weighted by Crippen LogP contribution is 2.60. The number of rotatable bonds is 12. The van der Waals surface area contributed by atoms with Crippen LogP contribution in [0.25, 0.3) is 0 Å². The molecule has 8 heteroatoms. The molecule has 1 aromatic carbocycles. The maximum Gasteiger partial charge on any atom is 0.325 e. The Kier molecular flexibility index (Phi) is 8.19. The predicted molar refractivity (Wildman–Crippen MR) is 130 cm³/mol. The van der Waals surface area contributed by atoms with E-state index in [4.69, 9.17) is 14.2 Å². The van der Waals surface area contributed by atoms with Crippen LogP contribution in [-0.4, -0.2) is 50.7 Å². The molecule has 8 nitrogen and oxygen atoms in total. The fraction of sp³-hybridized carbons (Fsp3) is 0.667. The molecule has 0 atom stereocenters. The minimum Gasteiger partial charge on any atom is -0.490 e. The van der Waals surface area contributed by atoms with E-state index in [9.17, 15) is 14.4 Å². The van der Waals surface area contributed by atoms with Gasteiger partial charge in [0.2, 0.25) is 5.91 Å². The molecule has 0 spiro atoms.